The zero-order valence-electron chi connectivity index (χ0n) is 14.1. The monoisotopic (exact) mass is 354 g/mol. The van der Waals surface area contributed by atoms with Gasteiger partial charge >= 0.3 is 5.63 Å². The van der Waals surface area contributed by atoms with Crippen molar-refractivity contribution in [1.29, 1.82) is 0 Å². The van der Waals surface area contributed by atoms with Gasteiger partial charge in [-0.25, -0.2) is 4.79 Å². The van der Waals surface area contributed by atoms with Crippen molar-refractivity contribution >= 4 is 11.0 Å². The summed E-state index contributed by atoms with van der Waals surface area (Å²) in [6.07, 6.45) is 1.53. The van der Waals surface area contributed by atoms with Crippen molar-refractivity contribution < 1.29 is 24.8 Å². The minimum Gasteiger partial charge on any atom is -0.508 e. The number of aliphatic hydroxyl groups is 1. The Kier molecular flexibility index (Phi) is 4.21. The van der Waals surface area contributed by atoms with Crippen LogP contribution in [-0.2, 0) is 5.41 Å². The van der Waals surface area contributed by atoms with Gasteiger partial charge in [0, 0.05) is 34.1 Å². The maximum atomic E-state index is 12.3. The Morgan fingerprint density at radius 2 is 1.81 bits per heavy atom. The van der Waals surface area contributed by atoms with Crippen LogP contribution in [0.4, 0.5) is 0 Å². The SMILES string of the molecule is C=CC(C)(CO)c1cc2cc(-c3ccc(O)cc3O)c(=O)oc2cc1O. The predicted molar refractivity (Wildman–Crippen MR) is 97.5 cm³/mol. The second-order valence-corrected chi connectivity index (χ2v) is 6.34. The molecule has 0 spiro atoms. The van der Waals surface area contributed by atoms with Gasteiger partial charge in [0.05, 0.1) is 12.2 Å². The zero-order valence-corrected chi connectivity index (χ0v) is 14.1. The van der Waals surface area contributed by atoms with Gasteiger partial charge in [0.15, 0.2) is 0 Å². The molecule has 0 aliphatic heterocycles. The summed E-state index contributed by atoms with van der Waals surface area (Å²) in [5.41, 5.74) is -0.660. The molecule has 134 valence electrons. The van der Waals surface area contributed by atoms with Crippen LogP contribution in [0.15, 0.2) is 58.3 Å². The van der Waals surface area contributed by atoms with E-state index < -0.39 is 11.0 Å². The number of phenolic OH excluding ortho intramolecular Hbond substituents is 3. The highest BCUT2D eigenvalue weighted by molar-refractivity contribution is 5.85. The topological polar surface area (TPSA) is 111 Å². The lowest BCUT2D eigenvalue weighted by molar-refractivity contribution is 0.233. The van der Waals surface area contributed by atoms with Crippen molar-refractivity contribution in [2.45, 2.75) is 12.3 Å². The van der Waals surface area contributed by atoms with Crippen LogP contribution in [0, 0.1) is 0 Å². The first kappa shape index (κ1) is 17.6. The van der Waals surface area contributed by atoms with Gasteiger partial charge in [-0.3, -0.25) is 0 Å². The van der Waals surface area contributed by atoms with E-state index in [1.165, 1.54) is 30.3 Å². The van der Waals surface area contributed by atoms with E-state index in [1.54, 1.807) is 13.0 Å². The molecule has 0 saturated carbocycles. The van der Waals surface area contributed by atoms with Crippen LogP contribution in [-0.4, -0.2) is 27.0 Å². The largest absolute Gasteiger partial charge is 0.508 e. The maximum Gasteiger partial charge on any atom is 0.344 e. The first-order valence-corrected chi connectivity index (χ1v) is 7.87. The number of hydrogen-bond acceptors (Lipinski definition) is 6. The maximum absolute atomic E-state index is 12.3. The van der Waals surface area contributed by atoms with Gasteiger partial charge in [-0.05, 0) is 31.2 Å². The minimum absolute atomic E-state index is 0.107. The molecule has 1 aromatic heterocycles. The summed E-state index contributed by atoms with van der Waals surface area (Å²) in [4.78, 5) is 12.3. The third-order valence-electron chi connectivity index (χ3n) is 4.52. The van der Waals surface area contributed by atoms with E-state index >= 15 is 0 Å². The molecule has 1 heterocycles. The summed E-state index contributed by atoms with van der Waals surface area (Å²) in [5, 5.41) is 39.9. The number of fused-ring (bicyclic) bond motifs is 1. The van der Waals surface area contributed by atoms with Crippen molar-refractivity contribution in [3.05, 3.63) is 65.0 Å². The van der Waals surface area contributed by atoms with Crippen LogP contribution in [0.1, 0.15) is 12.5 Å². The summed E-state index contributed by atoms with van der Waals surface area (Å²) < 4.78 is 5.27. The number of benzene rings is 2. The number of phenols is 3. The number of hydrogen-bond donors (Lipinski definition) is 4. The molecule has 3 aromatic rings. The van der Waals surface area contributed by atoms with Crippen LogP contribution >= 0.6 is 0 Å². The Hall–Kier alpha value is -3.25. The average molecular weight is 354 g/mol. The van der Waals surface area contributed by atoms with E-state index in [-0.39, 0.29) is 40.6 Å². The van der Waals surface area contributed by atoms with Crippen LogP contribution < -0.4 is 5.63 Å². The van der Waals surface area contributed by atoms with Crippen molar-refractivity contribution in [2.24, 2.45) is 0 Å². The Morgan fingerprint density at radius 1 is 1.08 bits per heavy atom. The molecule has 0 saturated heterocycles. The molecule has 0 aliphatic carbocycles. The molecule has 2 aromatic carbocycles. The van der Waals surface area contributed by atoms with Crippen molar-refractivity contribution in [2.75, 3.05) is 6.61 Å². The van der Waals surface area contributed by atoms with Gasteiger partial charge in [-0.1, -0.05) is 6.08 Å². The fraction of sp³-hybridized carbons (Fsp3) is 0.150. The van der Waals surface area contributed by atoms with E-state index in [1.807, 2.05) is 0 Å². The van der Waals surface area contributed by atoms with Crippen LogP contribution in [0.5, 0.6) is 17.2 Å². The molecule has 6 nitrogen and oxygen atoms in total. The summed E-state index contributed by atoms with van der Waals surface area (Å²) in [6, 6.07) is 8.32. The van der Waals surface area contributed by atoms with Crippen LogP contribution in [0.25, 0.3) is 22.1 Å². The standard InChI is InChI=1S/C20H18O6/c1-3-20(2,10-21)15-7-11-6-14(13-5-4-12(22)8-16(13)23)19(25)26-18(11)9-17(15)24/h3-9,21-24H,1,10H2,2H3. The molecule has 4 N–H and O–H groups in total. The third kappa shape index (κ3) is 2.80. The summed E-state index contributed by atoms with van der Waals surface area (Å²) >= 11 is 0. The lowest BCUT2D eigenvalue weighted by Gasteiger charge is -2.24. The first-order valence-electron chi connectivity index (χ1n) is 7.87. The number of rotatable bonds is 4. The minimum atomic E-state index is -0.880. The number of aliphatic hydroxyl groups excluding tert-OH is 1. The zero-order chi connectivity index (χ0) is 19.1. The van der Waals surface area contributed by atoms with Crippen molar-refractivity contribution in [3.63, 3.8) is 0 Å². The quantitative estimate of drug-likeness (QED) is 0.423. The van der Waals surface area contributed by atoms with E-state index in [0.717, 1.165) is 6.07 Å². The Balaban J connectivity index is 2.28. The van der Waals surface area contributed by atoms with Gasteiger partial charge in [-0.2, -0.15) is 0 Å². The highest BCUT2D eigenvalue weighted by Gasteiger charge is 2.26. The van der Waals surface area contributed by atoms with E-state index in [4.69, 9.17) is 4.42 Å². The van der Waals surface area contributed by atoms with Gasteiger partial charge in [-0.15, -0.1) is 6.58 Å². The normalized spacial score (nSPS) is 13.5. The van der Waals surface area contributed by atoms with E-state index in [9.17, 15) is 25.2 Å². The Labute approximate surface area is 148 Å². The molecular formula is C20H18O6. The lowest BCUT2D eigenvalue weighted by atomic mass is 9.82. The molecule has 0 aliphatic rings. The van der Waals surface area contributed by atoms with Gasteiger partial charge in [0.2, 0.25) is 0 Å². The molecule has 6 heteroatoms. The predicted octanol–water partition coefficient (Wildman–Crippen LogP) is 3.01. The van der Waals surface area contributed by atoms with E-state index in [0.29, 0.717) is 10.9 Å². The van der Waals surface area contributed by atoms with Gasteiger partial charge < -0.3 is 24.8 Å². The second kappa shape index (κ2) is 6.24. The molecule has 26 heavy (non-hydrogen) atoms. The molecule has 1 atom stereocenters. The Morgan fingerprint density at radius 3 is 2.42 bits per heavy atom. The Bertz CT molecular complexity index is 1070. The summed E-state index contributed by atoms with van der Waals surface area (Å²) in [6.45, 7) is 5.15. The summed E-state index contributed by atoms with van der Waals surface area (Å²) in [5.74, 6) is -0.521. The fourth-order valence-electron chi connectivity index (χ4n) is 2.81. The average Bonchev–Trinajstić information content (AvgIpc) is 2.60. The highest BCUT2D eigenvalue weighted by atomic mass is 16.4. The van der Waals surface area contributed by atoms with Crippen LogP contribution in [0.3, 0.4) is 0 Å². The lowest BCUT2D eigenvalue weighted by Crippen LogP contribution is -2.23. The van der Waals surface area contributed by atoms with Crippen molar-refractivity contribution in [3.8, 4) is 28.4 Å². The molecule has 0 fully saturated rings. The molecule has 0 amide bonds. The third-order valence-corrected chi connectivity index (χ3v) is 4.52. The molecular weight excluding hydrogens is 336 g/mol. The first-order chi connectivity index (χ1) is 12.3. The van der Waals surface area contributed by atoms with E-state index in [2.05, 4.69) is 6.58 Å². The summed E-state index contributed by atoms with van der Waals surface area (Å²) in [7, 11) is 0. The molecule has 0 radical (unpaired) electrons. The molecule has 0 bridgehead atoms. The van der Waals surface area contributed by atoms with Gasteiger partial charge in [0.25, 0.3) is 0 Å². The van der Waals surface area contributed by atoms with Gasteiger partial charge in [0.1, 0.15) is 22.8 Å². The van der Waals surface area contributed by atoms with Crippen LogP contribution in [0.2, 0.25) is 0 Å². The molecule has 1 unspecified atom stereocenters. The highest BCUT2D eigenvalue weighted by Crippen LogP contribution is 2.37. The molecule has 3 rings (SSSR count). The van der Waals surface area contributed by atoms with Crippen molar-refractivity contribution in [1.82, 2.24) is 0 Å². The smallest absolute Gasteiger partial charge is 0.344 e. The second-order valence-electron chi connectivity index (χ2n) is 6.34. The number of aromatic hydroxyl groups is 3. The fourth-order valence-corrected chi connectivity index (χ4v) is 2.81.